The van der Waals surface area contributed by atoms with Gasteiger partial charge in [0.1, 0.15) is 46.2 Å². The molecule has 57 heavy (non-hydrogen) atoms. The van der Waals surface area contributed by atoms with E-state index in [-0.39, 0.29) is 65.1 Å². The van der Waals surface area contributed by atoms with Gasteiger partial charge in [-0.3, -0.25) is 0 Å². The Labute approximate surface area is 336 Å². The van der Waals surface area contributed by atoms with Crippen LogP contribution < -0.4 is 36.7 Å². The second-order valence-corrected chi connectivity index (χ2v) is 14.2. The minimum Gasteiger partial charge on any atom is -0.507 e. The molecule has 0 saturated carbocycles. The van der Waals surface area contributed by atoms with Gasteiger partial charge in [0.2, 0.25) is 0 Å². The summed E-state index contributed by atoms with van der Waals surface area (Å²) >= 11 is 0. The average molecular weight is 791 g/mol. The number of carbonyl (C=O) groups is 1. The highest BCUT2D eigenvalue weighted by Gasteiger charge is 2.47. The van der Waals surface area contributed by atoms with E-state index in [9.17, 15) is 25.2 Å². The predicted molar refractivity (Wildman–Crippen MR) is 222 cm³/mol. The number of ether oxygens (including phenoxy) is 3. The molecule has 1 aliphatic rings. The van der Waals surface area contributed by atoms with Gasteiger partial charge in [-0.05, 0) is 55.7 Å². The first-order chi connectivity index (χ1) is 27.6. The molecule has 1 aliphatic heterocycles. The molecule has 14 nitrogen and oxygen atoms in total. The fourth-order valence-corrected chi connectivity index (χ4v) is 6.75. The number of hydrogen-bond acceptors (Lipinski definition) is 13. The number of nitrogens with two attached hydrogens (primary N) is 3. The van der Waals surface area contributed by atoms with Crippen LogP contribution in [0.15, 0.2) is 46.4 Å². The number of phenolic OH excluding ortho intramolecular Hbond substituents is 3. The number of nitrogens with one attached hydrogen (secondary N) is 1. The first-order valence-corrected chi connectivity index (χ1v) is 20.4. The van der Waals surface area contributed by atoms with E-state index in [1.807, 2.05) is 0 Å². The molecule has 4 rings (SSSR count). The number of rotatable bonds is 25. The SMILES string of the molecule is CCCCCCOc1ccc(C2=NC(C(=O)O)(c3ccc(OCCCCCC)c(CN)c3O)N=C(c3ccc(OCCCCCC)c(CN)c3O)N2)c(O)c1CN. The lowest BCUT2D eigenvalue weighted by Crippen LogP contribution is -2.45. The van der Waals surface area contributed by atoms with Crippen molar-refractivity contribution in [1.82, 2.24) is 5.32 Å². The molecular formula is C43H62N6O8. The summed E-state index contributed by atoms with van der Waals surface area (Å²) in [4.78, 5) is 22.9. The second kappa shape index (κ2) is 22.0. The monoisotopic (exact) mass is 790 g/mol. The Bertz CT molecular complexity index is 1780. The van der Waals surface area contributed by atoms with Crippen LogP contribution in [-0.4, -0.2) is 57.9 Å². The molecule has 3 aromatic rings. The quantitative estimate of drug-likeness (QED) is 0.0414. The summed E-state index contributed by atoms with van der Waals surface area (Å²) in [6.45, 7) is 7.22. The largest absolute Gasteiger partial charge is 0.507 e. The van der Waals surface area contributed by atoms with Crippen molar-refractivity contribution >= 4 is 17.6 Å². The van der Waals surface area contributed by atoms with Gasteiger partial charge >= 0.3 is 5.97 Å². The lowest BCUT2D eigenvalue weighted by molar-refractivity contribution is -0.143. The van der Waals surface area contributed by atoms with Gasteiger partial charge in [-0.25, -0.2) is 14.8 Å². The first-order valence-electron chi connectivity index (χ1n) is 20.4. The van der Waals surface area contributed by atoms with Crippen molar-refractivity contribution in [3.05, 3.63) is 69.8 Å². The summed E-state index contributed by atoms with van der Waals surface area (Å²) in [5, 5.41) is 49.3. The van der Waals surface area contributed by atoms with Crippen molar-refractivity contribution in [2.24, 2.45) is 27.2 Å². The molecule has 312 valence electrons. The standard InChI is InChI=1S/C43H62N6O8/c1-4-7-10-13-22-55-34-19-16-28(37(50)30(34)25-44)40-47-41(29-17-20-35(31(26-45)38(29)51)56-23-14-11-8-5-2)49-43(48-40,42(53)54)33-18-21-36(32(27-46)39(33)52)57-24-15-12-9-6-3/h16-21,50-52H,4-15,22-27,44-46H2,1-3H3,(H,53,54)(H,47,48,49). The highest BCUT2D eigenvalue weighted by molar-refractivity contribution is 6.19. The molecule has 0 amide bonds. The van der Waals surface area contributed by atoms with Crippen molar-refractivity contribution in [3.8, 4) is 34.5 Å². The Morgan fingerprint density at radius 1 is 0.579 bits per heavy atom. The number of carboxylic acids is 1. The number of aromatic hydroxyl groups is 3. The number of nitrogens with zero attached hydrogens (tertiary/aromatic N) is 2. The zero-order valence-corrected chi connectivity index (χ0v) is 33.7. The number of carboxylic acid groups (broad SMARTS) is 1. The maximum atomic E-state index is 13.6. The molecule has 3 aromatic carbocycles. The van der Waals surface area contributed by atoms with Crippen LogP contribution in [0.1, 0.15) is 131 Å². The van der Waals surface area contributed by atoms with E-state index in [0.717, 1.165) is 77.0 Å². The van der Waals surface area contributed by atoms with Crippen molar-refractivity contribution in [2.75, 3.05) is 19.8 Å². The molecule has 0 aliphatic carbocycles. The lowest BCUT2D eigenvalue weighted by atomic mass is 9.94. The lowest BCUT2D eigenvalue weighted by Gasteiger charge is -2.31. The number of unbranched alkanes of at least 4 members (excludes halogenated alkanes) is 9. The molecule has 14 heteroatoms. The molecule has 0 radical (unpaired) electrons. The molecule has 0 fully saturated rings. The summed E-state index contributed by atoms with van der Waals surface area (Å²) in [5.74, 6) is -1.76. The highest BCUT2D eigenvalue weighted by Crippen LogP contribution is 2.44. The molecular weight excluding hydrogens is 729 g/mol. The van der Waals surface area contributed by atoms with Crippen molar-refractivity contribution in [1.29, 1.82) is 0 Å². The second-order valence-electron chi connectivity index (χ2n) is 14.2. The maximum Gasteiger partial charge on any atom is 0.359 e. The minimum absolute atomic E-state index is 0.0861. The first kappa shape index (κ1) is 44.7. The Balaban J connectivity index is 1.88. The molecule has 0 aromatic heterocycles. The van der Waals surface area contributed by atoms with Gasteiger partial charge in [0.15, 0.2) is 0 Å². The minimum atomic E-state index is -2.54. The molecule has 0 spiro atoms. The normalized spacial score (nSPS) is 13.4. The summed E-state index contributed by atoms with van der Waals surface area (Å²) in [7, 11) is 0. The van der Waals surface area contributed by atoms with Crippen LogP contribution in [0.4, 0.5) is 0 Å². The Hall–Kier alpha value is -5.05. The zero-order chi connectivity index (χ0) is 41.4. The van der Waals surface area contributed by atoms with Crippen LogP contribution in [0.2, 0.25) is 0 Å². The van der Waals surface area contributed by atoms with E-state index in [0.29, 0.717) is 48.2 Å². The number of aliphatic imine (C=N–C) groups is 2. The van der Waals surface area contributed by atoms with E-state index in [2.05, 4.69) is 36.1 Å². The van der Waals surface area contributed by atoms with E-state index >= 15 is 0 Å². The summed E-state index contributed by atoms with van der Waals surface area (Å²) < 4.78 is 18.0. The van der Waals surface area contributed by atoms with E-state index < -0.39 is 17.4 Å². The number of amidine groups is 2. The summed E-state index contributed by atoms with van der Waals surface area (Å²) in [6, 6.07) is 9.29. The summed E-state index contributed by atoms with van der Waals surface area (Å²) in [6.07, 6.45) is 11.8. The van der Waals surface area contributed by atoms with Gasteiger partial charge < -0.3 is 57.2 Å². The van der Waals surface area contributed by atoms with Gasteiger partial charge in [-0.1, -0.05) is 78.6 Å². The van der Waals surface area contributed by atoms with Gasteiger partial charge in [-0.2, -0.15) is 0 Å². The third-order valence-corrected chi connectivity index (χ3v) is 10.1. The van der Waals surface area contributed by atoms with Crippen LogP contribution in [0, 0.1) is 0 Å². The smallest absolute Gasteiger partial charge is 0.359 e. The van der Waals surface area contributed by atoms with Gasteiger partial charge in [0.05, 0.1) is 47.6 Å². The van der Waals surface area contributed by atoms with Crippen LogP contribution in [0.3, 0.4) is 0 Å². The predicted octanol–water partition coefficient (Wildman–Crippen LogP) is 6.79. The molecule has 11 N–H and O–H groups in total. The fourth-order valence-electron chi connectivity index (χ4n) is 6.75. The van der Waals surface area contributed by atoms with Crippen molar-refractivity contribution in [3.63, 3.8) is 0 Å². The van der Waals surface area contributed by atoms with Gasteiger partial charge in [0.25, 0.3) is 5.66 Å². The molecule has 0 bridgehead atoms. The Kier molecular flexibility index (Phi) is 17.3. The van der Waals surface area contributed by atoms with Gasteiger partial charge in [0, 0.05) is 25.2 Å². The van der Waals surface area contributed by atoms with Gasteiger partial charge in [-0.15, -0.1) is 0 Å². The Morgan fingerprint density at radius 3 is 1.30 bits per heavy atom. The maximum absolute atomic E-state index is 13.6. The molecule has 0 atom stereocenters. The fraction of sp³-hybridized carbons (Fsp3) is 0.512. The average Bonchev–Trinajstić information content (AvgIpc) is 3.20. The van der Waals surface area contributed by atoms with Crippen LogP contribution in [0.25, 0.3) is 0 Å². The topological polar surface area (TPSA) is 240 Å². The van der Waals surface area contributed by atoms with E-state index in [4.69, 9.17) is 31.4 Å². The third kappa shape index (κ3) is 10.7. The molecule has 1 heterocycles. The summed E-state index contributed by atoms with van der Waals surface area (Å²) in [5.41, 5.74) is 16.6. The number of benzene rings is 3. The molecule has 0 unspecified atom stereocenters. The van der Waals surface area contributed by atoms with E-state index in [1.54, 1.807) is 30.3 Å². The highest BCUT2D eigenvalue weighted by atomic mass is 16.5. The zero-order valence-electron chi connectivity index (χ0n) is 33.7. The molecule has 0 saturated heterocycles. The van der Waals surface area contributed by atoms with Crippen LogP contribution in [0.5, 0.6) is 34.5 Å². The van der Waals surface area contributed by atoms with Crippen LogP contribution in [-0.2, 0) is 30.1 Å². The van der Waals surface area contributed by atoms with Crippen molar-refractivity contribution in [2.45, 2.75) is 123 Å². The Morgan fingerprint density at radius 2 is 0.947 bits per heavy atom. The van der Waals surface area contributed by atoms with Crippen LogP contribution >= 0.6 is 0 Å². The third-order valence-electron chi connectivity index (χ3n) is 10.1. The van der Waals surface area contributed by atoms with E-state index in [1.165, 1.54) is 6.07 Å². The van der Waals surface area contributed by atoms with Crippen molar-refractivity contribution < 1.29 is 39.4 Å². The number of phenols is 3. The number of hydrogen-bond donors (Lipinski definition) is 8. The number of aliphatic carboxylic acids is 1.